The molecule has 53 heavy (non-hydrogen) atoms. The third-order valence-electron chi connectivity index (χ3n) is 13.7. The van der Waals surface area contributed by atoms with E-state index in [1.165, 1.54) is 21.5 Å². The van der Waals surface area contributed by atoms with E-state index in [4.69, 9.17) is 4.74 Å². The molecule has 4 aliphatic rings. The first kappa shape index (κ1) is 36.9. The molecule has 8 rings (SSSR count). The molecule has 0 unspecified atom stereocenters. The summed E-state index contributed by atoms with van der Waals surface area (Å²) >= 11 is 0. The smallest absolute Gasteiger partial charge is 0.327 e. The number of aliphatic hydroxyl groups is 1. The minimum Gasteiger partial charge on any atom is -0.465 e. The first-order valence-corrected chi connectivity index (χ1v) is 18.3. The van der Waals surface area contributed by atoms with Crippen LogP contribution in [0, 0.1) is 34.1 Å². The molecule has 0 radical (unpaired) electrons. The Morgan fingerprint density at radius 3 is 1.60 bits per heavy atom. The number of esters is 1. The van der Waals surface area contributed by atoms with Gasteiger partial charge in [0.15, 0.2) is 11.6 Å². The molecule has 4 aliphatic carbocycles. The summed E-state index contributed by atoms with van der Waals surface area (Å²) in [5.41, 5.74) is 1.68. The van der Waals surface area contributed by atoms with Gasteiger partial charge < -0.3 is 9.84 Å². The van der Waals surface area contributed by atoms with Crippen LogP contribution in [-0.2, 0) is 33.5 Å². The molecule has 0 amide bonds. The lowest BCUT2D eigenvalue weighted by molar-refractivity contribution is -0.144. The second kappa shape index (κ2) is 12.3. The Labute approximate surface area is 304 Å². The standard InChI is InChI=1S/C21H24F2N2O3.C19H22F2N2O2/c1-5-28-16(26)11-24-18-17(13-8-9-21(18,4)20(13,2)3)19(27)25(24)15-7-6-12(22)10-14(15)23;1-18(2)12-6-7-19(18,3)16-15(12)17(25)23(22(16)8-9-24)14-5-4-11(20)10-13(14)21/h6-7,10,13H,5,8-9,11H2,1-4H3;4-5,10,12,24H,6-9H2,1-3H3/t13-,21+;12-,19+/m11/s1. The third kappa shape index (κ3) is 4.94. The van der Waals surface area contributed by atoms with Crippen LogP contribution in [0.3, 0.4) is 0 Å². The van der Waals surface area contributed by atoms with E-state index in [1.807, 2.05) is 0 Å². The van der Waals surface area contributed by atoms with Gasteiger partial charge in [0.1, 0.15) is 29.6 Å². The number of rotatable bonds is 7. The number of halogens is 4. The molecular weight excluding hydrogens is 692 g/mol. The largest absolute Gasteiger partial charge is 0.465 e. The molecule has 0 aliphatic heterocycles. The summed E-state index contributed by atoms with van der Waals surface area (Å²) in [6.45, 7) is 14.6. The quantitative estimate of drug-likeness (QED) is 0.167. The Balaban J connectivity index is 0.000000165. The number of fused-ring (bicyclic) bond motifs is 10. The summed E-state index contributed by atoms with van der Waals surface area (Å²) in [6.07, 6.45) is 3.65. The van der Waals surface area contributed by atoms with Gasteiger partial charge in [-0.05, 0) is 79.5 Å². The van der Waals surface area contributed by atoms with Crippen molar-refractivity contribution in [1.29, 1.82) is 0 Å². The molecule has 9 nitrogen and oxygen atoms in total. The van der Waals surface area contributed by atoms with Crippen LogP contribution in [0.15, 0.2) is 46.0 Å². The van der Waals surface area contributed by atoms with Crippen LogP contribution in [0.4, 0.5) is 17.6 Å². The maximum atomic E-state index is 14.6. The molecular formula is C40H46F4N4O5. The lowest BCUT2D eigenvalue weighted by Gasteiger charge is -2.36. The number of ether oxygens (including phenoxy) is 1. The first-order chi connectivity index (χ1) is 24.9. The van der Waals surface area contributed by atoms with E-state index in [-0.39, 0.29) is 82.3 Å². The molecule has 2 fully saturated rings. The van der Waals surface area contributed by atoms with E-state index in [2.05, 4.69) is 41.5 Å². The van der Waals surface area contributed by atoms with Crippen molar-refractivity contribution in [2.75, 3.05) is 13.2 Å². The van der Waals surface area contributed by atoms with Gasteiger partial charge >= 0.3 is 5.97 Å². The number of nitrogens with zero attached hydrogens (tertiary/aromatic N) is 4. The average molecular weight is 739 g/mol. The molecule has 4 bridgehead atoms. The molecule has 0 spiro atoms. The average Bonchev–Trinajstić information content (AvgIpc) is 3.77. The lowest BCUT2D eigenvalue weighted by Crippen LogP contribution is -2.37. The summed E-state index contributed by atoms with van der Waals surface area (Å²) in [4.78, 5) is 38.9. The van der Waals surface area contributed by atoms with Gasteiger partial charge in [0.05, 0.1) is 31.1 Å². The fourth-order valence-electron chi connectivity index (χ4n) is 10.3. The predicted molar refractivity (Wildman–Crippen MR) is 190 cm³/mol. The number of benzene rings is 2. The topological polar surface area (TPSA) is 100 Å². The minimum absolute atomic E-state index is 0.0232. The van der Waals surface area contributed by atoms with Gasteiger partial charge in [0, 0.05) is 34.1 Å². The zero-order valence-corrected chi connectivity index (χ0v) is 31.2. The summed E-state index contributed by atoms with van der Waals surface area (Å²) in [5.74, 6) is -3.38. The molecule has 2 heterocycles. The lowest BCUT2D eigenvalue weighted by atomic mass is 9.70. The predicted octanol–water partition coefficient (Wildman–Crippen LogP) is 6.74. The molecule has 284 valence electrons. The maximum Gasteiger partial charge on any atom is 0.327 e. The van der Waals surface area contributed by atoms with E-state index < -0.39 is 29.2 Å². The summed E-state index contributed by atoms with van der Waals surface area (Å²) < 4.78 is 66.5. The van der Waals surface area contributed by atoms with Gasteiger partial charge in [-0.2, -0.15) is 0 Å². The Hall–Kier alpha value is -4.39. The van der Waals surface area contributed by atoms with Crippen LogP contribution in [0.1, 0.15) is 109 Å². The van der Waals surface area contributed by atoms with Gasteiger partial charge in [-0.25, -0.2) is 26.9 Å². The fourth-order valence-corrected chi connectivity index (χ4v) is 10.3. The van der Waals surface area contributed by atoms with Crippen LogP contribution >= 0.6 is 0 Å². The van der Waals surface area contributed by atoms with E-state index in [9.17, 15) is 37.1 Å². The van der Waals surface area contributed by atoms with Crippen LogP contribution < -0.4 is 11.1 Å². The van der Waals surface area contributed by atoms with Gasteiger partial charge in [-0.3, -0.25) is 23.7 Å². The summed E-state index contributed by atoms with van der Waals surface area (Å²) in [5, 5.41) is 9.54. The normalized spacial score (nSPS) is 25.3. The molecule has 0 saturated heterocycles. The zero-order chi connectivity index (χ0) is 38.6. The van der Waals surface area contributed by atoms with Crippen molar-refractivity contribution in [3.63, 3.8) is 0 Å². The fraction of sp³-hybridized carbons (Fsp3) is 0.525. The highest BCUT2D eigenvalue weighted by molar-refractivity contribution is 5.69. The monoisotopic (exact) mass is 738 g/mol. The van der Waals surface area contributed by atoms with Gasteiger partial charge in [0.25, 0.3) is 11.1 Å². The molecule has 2 aromatic heterocycles. The van der Waals surface area contributed by atoms with E-state index in [0.29, 0.717) is 5.56 Å². The molecule has 2 aromatic carbocycles. The Morgan fingerprint density at radius 1 is 0.755 bits per heavy atom. The number of aliphatic hydroxyl groups excluding tert-OH is 1. The molecule has 2 saturated carbocycles. The second-order valence-electron chi connectivity index (χ2n) is 16.4. The van der Waals surface area contributed by atoms with E-state index in [1.54, 1.807) is 16.3 Å². The van der Waals surface area contributed by atoms with Crippen molar-refractivity contribution in [1.82, 2.24) is 18.7 Å². The molecule has 1 N–H and O–H groups in total. The highest BCUT2D eigenvalue weighted by Crippen LogP contribution is 2.68. The number of carbonyl (C=O) groups excluding carboxylic acids is 1. The highest BCUT2D eigenvalue weighted by Gasteiger charge is 2.64. The number of hydrogen-bond donors (Lipinski definition) is 1. The molecule has 13 heteroatoms. The van der Waals surface area contributed by atoms with Gasteiger partial charge in [0.2, 0.25) is 0 Å². The van der Waals surface area contributed by atoms with E-state index in [0.717, 1.165) is 66.9 Å². The summed E-state index contributed by atoms with van der Waals surface area (Å²) in [7, 11) is 0. The Kier molecular flexibility index (Phi) is 8.59. The van der Waals surface area contributed by atoms with Crippen molar-refractivity contribution < 1.29 is 32.2 Å². The molecule has 4 aromatic rings. The van der Waals surface area contributed by atoms with E-state index >= 15 is 0 Å². The van der Waals surface area contributed by atoms with Crippen molar-refractivity contribution in [3.8, 4) is 11.4 Å². The first-order valence-electron chi connectivity index (χ1n) is 18.3. The van der Waals surface area contributed by atoms with Gasteiger partial charge in [-0.15, -0.1) is 0 Å². The highest BCUT2D eigenvalue weighted by atomic mass is 19.1. The minimum atomic E-state index is -0.847. The van der Waals surface area contributed by atoms with Crippen LogP contribution in [0.25, 0.3) is 11.4 Å². The number of hydrogen-bond acceptors (Lipinski definition) is 5. The third-order valence-corrected chi connectivity index (χ3v) is 13.7. The SMILES string of the molecule is CC1(C)[C@@H]2CC[C@@]1(C)c1c2c(=O)n(-c2ccc(F)cc2F)n1CCO.CCOC(=O)Cn1c2c(c(=O)n1-c1ccc(F)cc1F)[C@H]1CC[C@]2(C)C1(C)C. The van der Waals surface area contributed by atoms with Crippen LogP contribution in [-0.4, -0.2) is 43.0 Å². The summed E-state index contributed by atoms with van der Waals surface area (Å²) in [6, 6.07) is 6.30. The Bertz CT molecular complexity index is 2280. The number of carbonyl (C=O) groups is 1. The second-order valence-corrected chi connectivity index (χ2v) is 16.4. The van der Waals surface area contributed by atoms with Crippen molar-refractivity contribution >= 4 is 5.97 Å². The van der Waals surface area contributed by atoms with Crippen LogP contribution in [0.5, 0.6) is 0 Å². The number of aromatic nitrogens is 4. The Morgan fingerprint density at radius 2 is 1.19 bits per heavy atom. The van der Waals surface area contributed by atoms with Crippen molar-refractivity contribution in [2.45, 2.75) is 110 Å². The molecule has 4 atom stereocenters. The van der Waals surface area contributed by atoms with Crippen molar-refractivity contribution in [3.05, 3.63) is 103 Å². The van der Waals surface area contributed by atoms with Crippen LogP contribution in [0.2, 0.25) is 0 Å². The van der Waals surface area contributed by atoms with Gasteiger partial charge in [-0.1, -0.05) is 41.5 Å². The van der Waals surface area contributed by atoms with Crippen molar-refractivity contribution in [2.24, 2.45) is 10.8 Å². The maximum absolute atomic E-state index is 14.6. The zero-order valence-electron chi connectivity index (χ0n) is 31.2.